The van der Waals surface area contributed by atoms with Crippen LogP contribution >= 0.6 is 0 Å². The molecule has 134 valence electrons. The number of hydrogen-bond acceptors (Lipinski definition) is 4. The molecule has 0 atom stereocenters. The standard InChI is InChI=1S/C18H19F3N2O2/c19-18(20,21)25-17-3-1-2-14(12-17)22-13-8-10-23(11-9-13)15-4-6-16(24)7-5-15/h1-7,12-13,22,24H,8-11H2. The Labute approximate surface area is 143 Å². The van der Waals surface area contributed by atoms with Gasteiger partial charge in [0, 0.05) is 36.6 Å². The molecular formula is C18H19F3N2O2. The summed E-state index contributed by atoms with van der Waals surface area (Å²) in [6, 6.07) is 13.2. The number of ether oxygens (including phenoxy) is 1. The highest BCUT2D eigenvalue weighted by Gasteiger charge is 2.31. The molecule has 0 unspecified atom stereocenters. The summed E-state index contributed by atoms with van der Waals surface area (Å²) in [5.41, 5.74) is 1.67. The van der Waals surface area contributed by atoms with Crippen LogP contribution in [0.3, 0.4) is 0 Å². The van der Waals surface area contributed by atoms with E-state index in [2.05, 4.69) is 15.0 Å². The number of nitrogens with one attached hydrogen (secondary N) is 1. The largest absolute Gasteiger partial charge is 0.573 e. The number of rotatable bonds is 4. The van der Waals surface area contributed by atoms with Gasteiger partial charge < -0.3 is 20.1 Å². The van der Waals surface area contributed by atoms with Crippen molar-refractivity contribution >= 4 is 11.4 Å². The molecular weight excluding hydrogens is 333 g/mol. The third-order valence-corrected chi connectivity index (χ3v) is 4.15. The molecule has 1 aliphatic rings. The number of anilines is 2. The van der Waals surface area contributed by atoms with Crippen molar-refractivity contribution in [2.24, 2.45) is 0 Å². The predicted octanol–water partition coefficient (Wildman–Crippen LogP) is 4.37. The number of benzene rings is 2. The molecule has 3 rings (SSSR count). The molecule has 1 saturated heterocycles. The Morgan fingerprint density at radius 2 is 1.72 bits per heavy atom. The lowest BCUT2D eigenvalue weighted by Crippen LogP contribution is -2.39. The molecule has 0 radical (unpaired) electrons. The molecule has 7 heteroatoms. The third kappa shape index (κ3) is 4.95. The van der Waals surface area contributed by atoms with Gasteiger partial charge in [-0.1, -0.05) is 6.07 Å². The molecule has 0 saturated carbocycles. The summed E-state index contributed by atoms with van der Waals surface area (Å²) in [7, 11) is 0. The molecule has 2 N–H and O–H groups in total. The van der Waals surface area contributed by atoms with E-state index in [1.165, 1.54) is 18.2 Å². The normalized spacial score (nSPS) is 15.9. The summed E-state index contributed by atoms with van der Waals surface area (Å²) >= 11 is 0. The summed E-state index contributed by atoms with van der Waals surface area (Å²) < 4.78 is 40.8. The van der Waals surface area contributed by atoms with E-state index in [-0.39, 0.29) is 17.5 Å². The first-order valence-corrected chi connectivity index (χ1v) is 8.05. The van der Waals surface area contributed by atoms with E-state index in [4.69, 9.17) is 0 Å². The first-order chi connectivity index (χ1) is 11.9. The minimum Gasteiger partial charge on any atom is -0.508 e. The maximum Gasteiger partial charge on any atom is 0.573 e. The number of hydrogen-bond donors (Lipinski definition) is 2. The number of aromatic hydroxyl groups is 1. The number of halogens is 3. The Hall–Kier alpha value is -2.57. The van der Waals surface area contributed by atoms with Gasteiger partial charge in [-0.15, -0.1) is 13.2 Å². The highest BCUT2D eigenvalue weighted by molar-refractivity contribution is 5.51. The van der Waals surface area contributed by atoms with Crippen LogP contribution in [0.15, 0.2) is 48.5 Å². The summed E-state index contributed by atoms with van der Waals surface area (Å²) in [6.07, 6.45) is -2.95. The average Bonchev–Trinajstić information content (AvgIpc) is 2.55. The second kappa shape index (κ2) is 7.13. The number of phenols is 1. The van der Waals surface area contributed by atoms with Crippen molar-refractivity contribution in [3.8, 4) is 11.5 Å². The molecule has 2 aromatic rings. The van der Waals surface area contributed by atoms with Crippen LogP contribution in [0.5, 0.6) is 11.5 Å². The summed E-state index contributed by atoms with van der Waals surface area (Å²) in [5.74, 6) is 0.0142. The minimum atomic E-state index is -4.69. The monoisotopic (exact) mass is 352 g/mol. The van der Waals surface area contributed by atoms with E-state index in [0.29, 0.717) is 5.69 Å². The molecule has 0 spiro atoms. The van der Waals surface area contributed by atoms with Gasteiger partial charge in [0.05, 0.1) is 0 Å². The summed E-state index contributed by atoms with van der Waals surface area (Å²) in [5, 5.41) is 12.6. The maximum absolute atomic E-state index is 12.3. The number of phenolic OH excluding ortho intramolecular Hbond substituents is 1. The summed E-state index contributed by atoms with van der Waals surface area (Å²) in [4.78, 5) is 2.22. The third-order valence-electron chi connectivity index (χ3n) is 4.15. The van der Waals surface area contributed by atoms with E-state index in [1.807, 2.05) is 12.1 Å². The molecule has 1 fully saturated rings. The fraction of sp³-hybridized carbons (Fsp3) is 0.333. The quantitative estimate of drug-likeness (QED) is 0.858. The predicted molar refractivity (Wildman–Crippen MR) is 90.1 cm³/mol. The van der Waals surface area contributed by atoms with Crippen molar-refractivity contribution in [2.75, 3.05) is 23.3 Å². The molecule has 2 aromatic carbocycles. The van der Waals surface area contributed by atoms with Crippen LogP contribution in [0, 0.1) is 0 Å². The molecule has 0 aromatic heterocycles. The van der Waals surface area contributed by atoms with Gasteiger partial charge in [-0.3, -0.25) is 0 Å². The van der Waals surface area contributed by atoms with Gasteiger partial charge in [-0.05, 0) is 49.2 Å². The maximum atomic E-state index is 12.3. The highest BCUT2D eigenvalue weighted by atomic mass is 19.4. The molecule has 25 heavy (non-hydrogen) atoms. The van der Waals surface area contributed by atoms with Gasteiger partial charge in [0.1, 0.15) is 11.5 Å². The van der Waals surface area contributed by atoms with Crippen molar-refractivity contribution in [2.45, 2.75) is 25.2 Å². The lowest BCUT2D eigenvalue weighted by Gasteiger charge is -2.34. The van der Waals surface area contributed by atoms with Crippen molar-refractivity contribution in [1.82, 2.24) is 0 Å². The van der Waals surface area contributed by atoms with Crippen molar-refractivity contribution in [1.29, 1.82) is 0 Å². The van der Waals surface area contributed by atoms with E-state index in [1.54, 1.807) is 18.2 Å². The Bertz CT molecular complexity index is 696. The molecule has 4 nitrogen and oxygen atoms in total. The van der Waals surface area contributed by atoms with Crippen molar-refractivity contribution < 1.29 is 23.0 Å². The molecule has 1 aliphatic heterocycles. The van der Waals surface area contributed by atoms with E-state index < -0.39 is 6.36 Å². The molecule has 0 amide bonds. The fourth-order valence-electron chi connectivity index (χ4n) is 2.96. The van der Waals surface area contributed by atoms with Crippen LogP contribution in [-0.2, 0) is 0 Å². The Morgan fingerprint density at radius 1 is 1.04 bits per heavy atom. The van der Waals surface area contributed by atoms with Gasteiger partial charge in [-0.2, -0.15) is 0 Å². The van der Waals surface area contributed by atoms with Crippen LogP contribution < -0.4 is 15.0 Å². The Morgan fingerprint density at radius 3 is 2.36 bits per heavy atom. The molecule has 1 heterocycles. The average molecular weight is 352 g/mol. The van der Waals surface area contributed by atoms with Gasteiger partial charge in [0.25, 0.3) is 0 Å². The van der Waals surface area contributed by atoms with Crippen molar-refractivity contribution in [3.05, 3.63) is 48.5 Å². The Balaban J connectivity index is 1.55. The Kier molecular flexibility index (Phi) is 4.92. The van der Waals surface area contributed by atoms with Crippen LogP contribution in [0.4, 0.5) is 24.5 Å². The lowest BCUT2D eigenvalue weighted by molar-refractivity contribution is -0.274. The van der Waals surface area contributed by atoms with Crippen LogP contribution in [0.2, 0.25) is 0 Å². The number of piperidine rings is 1. The first kappa shape index (κ1) is 17.3. The van der Waals surface area contributed by atoms with Crippen molar-refractivity contribution in [3.63, 3.8) is 0 Å². The first-order valence-electron chi connectivity index (χ1n) is 8.05. The van der Waals surface area contributed by atoms with Gasteiger partial charge in [0.15, 0.2) is 0 Å². The lowest BCUT2D eigenvalue weighted by atomic mass is 10.0. The second-order valence-electron chi connectivity index (χ2n) is 6.00. The number of alkyl halides is 3. The van der Waals surface area contributed by atoms with Crippen LogP contribution in [0.1, 0.15) is 12.8 Å². The van der Waals surface area contributed by atoms with Gasteiger partial charge in [-0.25, -0.2) is 0 Å². The van der Waals surface area contributed by atoms with E-state index in [0.717, 1.165) is 31.6 Å². The zero-order chi connectivity index (χ0) is 17.9. The van der Waals surface area contributed by atoms with E-state index in [9.17, 15) is 18.3 Å². The molecule has 0 aliphatic carbocycles. The SMILES string of the molecule is Oc1ccc(N2CCC(Nc3cccc(OC(F)(F)F)c3)CC2)cc1. The zero-order valence-electron chi connectivity index (χ0n) is 13.5. The topological polar surface area (TPSA) is 44.7 Å². The smallest absolute Gasteiger partial charge is 0.508 e. The highest BCUT2D eigenvalue weighted by Crippen LogP contribution is 2.27. The van der Waals surface area contributed by atoms with Gasteiger partial charge in [0.2, 0.25) is 0 Å². The number of nitrogens with zero attached hydrogens (tertiary/aromatic N) is 1. The fourth-order valence-corrected chi connectivity index (χ4v) is 2.96. The molecule has 0 bridgehead atoms. The van der Waals surface area contributed by atoms with Crippen LogP contribution in [0.25, 0.3) is 0 Å². The van der Waals surface area contributed by atoms with Gasteiger partial charge >= 0.3 is 6.36 Å². The zero-order valence-corrected chi connectivity index (χ0v) is 13.5. The van der Waals surface area contributed by atoms with Crippen LogP contribution in [-0.4, -0.2) is 30.6 Å². The summed E-state index contributed by atoms with van der Waals surface area (Å²) in [6.45, 7) is 1.67. The second-order valence-corrected chi connectivity index (χ2v) is 6.00. The van der Waals surface area contributed by atoms with E-state index >= 15 is 0 Å². The minimum absolute atomic E-state index is 0.189.